The molecular formula is C22H20Br2N2O4. The smallest absolute Gasteiger partial charge is 0.258 e. The third-order valence-corrected chi connectivity index (χ3v) is 9.01. The second-order valence-corrected chi connectivity index (χ2v) is 10.7. The van der Waals surface area contributed by atoms with Gasteiger partial charge in [-0.05, 0) is 111 Å². The van der Waals surface area contributed by atoms with Crippen molar-refractivity contribution in [2.45, 2.75) is 37.5 Å². The fourth-order valence-corrected chi connectivity index (χ4v) is 7.64. The molecule has 0 saturated heterocycles. The standard InChI is InChI=1S/C22H20Br2N2O4/c23-18-3-1-14(10-20(18)25(27)28)22(15-2-4-19(24)21(11-15)26(29)30)16-6-12-5-13(8-16)9-17(22)7-12/h1-4,10-13,16-17H,5-9H2. The number of hydrogen-bond acceptors (Lipinski definition) is 4. The van der Waals surface area contributed by atoms with Gasteiger partial charge in [0.25, 0.3) is 11.4 Å². The zero-order valence-corrected chi connectivity index (χ0v) is 19.3. The molecule has 156 valence electrons. The molecule has 0 heterocycles. The van der Waals surface area contributed by atoms with Crippen molar-refractivity contribution in [3.05, 3.63) is 76.7 Å². The van der Waals surface area contributed by atoms with Crippen LogP contribution in [0.3, 0.4) is 0 Å². The molecule has 4 aliphatic rings. The van der Waals surface area contributed by atoms with Gasteiger partial charge < -0.3 is 0 Å². The maximum absolute atomic E-state index is 11.7. The van der Waals surface area contributed by atoms with E-state index in [0.717, 1.165) is 36.8 Å². The molecule has 4 aliphatic carbocycles. The van der Waals surface area contributed by atoms with E-state index in [1.165, 1.54) is 6.42 Å². The monoisotopic (exact) mass is 534 g/mol. The Labute approximate surface area is 190 Å². The Balaban J connectivity index is 1.77. The Bertz CT molecular complexity index is 978. The molecule has 0 spiro atoms. The lowest BCUT2D eigenvalue weighted by molar-refractivity contribution is -0.385. The van der Waals surface area contributed by atoms with E-state index in [9.17, 15) is 20.2 Å². The largest absolute Gasteiger partial charge is 0.283 e. The highest BCUT2D eigenvalue weighted by Crippen LogP contribution is 2.65. The predicted molar refractivity (Wildman–Crippen MR) is 119 cm³/mol. The second kappa shape index (κ2) is 7.12. The highest BCUT2D eigenvalue weighted by atomic mass is 79.9. The van der Waals surface area contributed by atoms with E-state index in [0.29, 0.717) is 32.6 Å². The van der Waals surface area contributed by atoms with E-state index in [-0.39, 0.29) is 21.2 Å². The summed E-state index contributed by atoms with van der Waals surface area (Å²) in [5.74, 6) is 2.10. The second-order valence-electron chi connectivity index (χ2n) is 9.02. The summed E-state index contributed by atoms with van der Waals surface area (Å²) in [6.45, 7) is 0. The molecule has 0 atom stereocenters. The van der Waals surface area contributed by atoms with Crippen LogP contribution in [0, 0.1) is 43.9 Å². The molecule has 0 amide bonds. The molecule has 4 saturated carbocycles. The molecule has 2 aromatic rings. The van der Waals surface area contributed by atoms with Crippen molar-refractivity contribution in [3.8, 4) is 0 Å². The van der Waals surface area contributed by atoms with Crippen molar-refractivity contribution >= 4 is 43.2 Å². The van der Waals surface area contributed by atoms with E-state index in [1.54, 1.807) is 24.3 Å². The highest BCUT2D eigenvalue weighted by Gasteiger charge is 2.59. The lowest BCUT2D eigenvalue weighted by atomic mass is 9.42. The van der Waals surface area contributed by atoms with Gasteiger partial charge in [0.1, 0.15) is 0 Å². The molecular weight excluding hydrogens is 516 g/mol. The lowest BCUT2D eigenvalue weighted by Crippen LogP contribution is -2.56. The van der Waals surface area contributed by atoms with E-state index in [1.807, 2.05) is 12.1 Å². The van der Waals surface area contributed by atoms with Crippen LogP contribution in [0.4, 0.5) is 11.4 Å². The summed E-state index contributed by atoms with van der Waals surface area (Å²) in [5.41, 5.74) is 1.51. The molecule has 0 aliphatic heterocycles. The van der Waals surface area contributed by atoms with E-state index in [4.69, 9.17) is 0 Å². The number of nitro benzene ring substituents is 2. The Morgan fingerprint density at radius 2 is 1.13 bits per heavy atom. The van der Waals surface area contributed by atoms with Gasteiger partial charge in [-0.25, -0.2) is 0 Å². The van der Waals surface area contributed by atoms with Crippen LogP contribution in [-0.2, 0) is 5.41 Å². The number of nitro groups is 2. The van der Waals surface area contributed by atoms with Crippen molar-refractivity contribution < 1.29 is 9.85 Å². The lowest BCUT2D eigenvalue weighted by Gasteiger charge is -2.62. The summed E-state index contributed by atoms with van der Waals surface area (Å²) in [6, 6.07) is 10.9. The van der Waals surface area contributed by atoms with E-state index >= 15 is 0 Å². The van der Waals surface area contributed by atoms with Crippen LogP contribution in [0.25, 0.3) is 0 Å². The van der Waals surface area contributed by atoms with Gasteiger partial charge in [0, 0.05) is 17.5 Å². The van der Waals surface area contributed by atoms with Gasteiger partial charge in [-0.15, -0.1) is 0 Å². The summed E-state index contributed by atoms with van der Waals surface area (Å²) in [4.78, 5) is 22.6. The number of rotatable bonds is 4. The molecule has 0 N–H and O–H groups in total. The molecule has 0 unspecified atom stereocenters. The Morgan fingerprint density at radius 3 is 1.50 bits per heavy atom. The fraction of sp³-hybridized carbons (Fsp3) is 0.455. The first kappa shape index (κ1) is 20.1. The molecule has 4 fully saturated rings. The van der Waals surface area contributed by atoms with Gasteiger partial charge in [0.15, 0.2) is 0 Å². The van der Waals surface area contributed by atoms with Gasteiger partial charge >= 0.3 is 0 Å². The molecule has 2 aromatic carbocycles. The summed E-state index contributed by atoms with van der Waals surface area (Å²) in [6.07, 6.45) is 5.62. The van der Waals surface area contributed by atoms with Crippen molar-refractivity contribution in [3.63, 3.8) is 0 Å². The van der Waals surface area contributed by atoms with Crippen LogP contribution in [-0.4, -0.2) is 9.85 Å². The van der Waals surface area contributed by atoms with Gasteiger partial charge in [0.05, 0.1) is 18.8 Å². The topological polar surface area (TPSA) is 86.3 Å². The van der Waals surface area contributed by atoms with Crippen LogP contribution in [0.5, 0.6) is 0 Å². The van der Waals surface area contributed by atoms with Crippen molar-refractivity contribution in [2.75, 3.05) is 0 Å². The minimum Gasteiger partial charge on any atom is -0.258 e. The van der Waals surface area contributed by atoms with Crippen molar-refractivity contribution in [1.29, 1.82) is 0 Å². The Kier molecular flexibility index (Phi) is 4.78. The van der Waals surface area contributed by atoms with Crippen LogP contribution in [0.2, 0.25) is 0 Å². The fourth-order valence-electron chi connectivity index (χ4n) is 6.86. The summed E-state index contributed by atoms with van der Waals surface area (Å²) in [7, 11) is 0. The zero-order chi connectivity index (χ0) is 21.2. The quantitative estimate of drug-likeness (QED) is 0.319. The zero-order valence-electron chi connectivity index (χ0n) is 16.1. The molecule has 4 bridgehead atoms. The SMILES string of the molecule is O=[N+]([O-])c1cc(C2(c3ccc(Br)c([N+](=O)[O-])c3)C3CC4CC(C3)CC2C4)ccc1Br. The third kappa shape index (κ3) is 2.87. The maximum atomic E-state index is 11.7. The summed E-state index contributed by atoms with van der Waals surface area (Å²) >= 11 is 6.62. The van der Waals surface area contributed by atoms with Gasteiger partial charge in [0.2, 0.25) is 0 Å². The number of nitrogens with zero attached hydrogens (tertiary/aromatic N) is 2. The van der Waals surface area contributed by atoms with Crippen molar-refractivity contribution in [2.24, 2.45) is 23.7 Å². The molecule has 0 radical (unpaired) electrons. The van der Waals surface area contributed by atoms with Gasteiger partial charge in [-0.1, -0.05) is 12.1 Å². The maximum Gasteiger partial charge on any atom is 0.283 e. The van der Waals surface area contributed by atoms with Gasteiger partial charge in [-0.2, -0.15) is 0 Å². The summed E-state index contributed by atoms with van der Waals surface area (Å²) in [5, 5.41) is 23.3. The van der Waals surface area contributed by atoms with Crippen LogP contribution in [0.1, 0.15) is 43.2 Å². The molecule has 30 heavy (non-hydrogen) atoms. The molecule has 6 rings (SSSR count). The van der Waals surface area contributed by atoms with E-state index < -0.39 is 5.41 Å². The molecule has 8 heteroatoms. The number of benzene rings is 2. The Morgan fingerprint density at radius 1 is 0.733 bits per heavy atom. The first-order chi connectivity index (χ1) is 14.3. The minimum atomic E-state index is -0.426. The average Bonchev–Trinajstić information content (AvgIpc) is 2.69. The van der Waals surface area contributed by atoms with Crippen LogP contribution in [0.15, 0.2) is 45.3 Å². The van der Waals surface area contributed by atoms with E-state index in [2.05, 4.69) is 31.9 Å². The molecule has 6 nitrogen and oxygen atoms in total. The minimum absolute atomic E-state index is 0.0484. The first-order valence-corrected chi connectivity index (χ1v) is 11.8. The average molecular weight is 536 g/mol. The van der Waals surface area contributed by atoms with Crippen molar-refractivity contribution in [1.82, 2.24) is 0 Å². The Hall–Kier alpha value is -1.80. The number of hydrogen-bond donors (Lipinski definition) is 0. The molecule has 0 aromatic heterocycles. The van der Waals surface area contributed by atoms with Crippen LogP contribution >= 0.6 is 31.9 Å². The summed E-state index contributed by atoms with van der Waals surface area (Å²) < 4.78 is 0.911. The highest BCUT2D eigenvalue weighted by molar-refractivity contribution is 9.11. The van der Waals surface area contributed by atoms with Crippen LogP contribution < -0.4 is 0 Å². The van der Waals surface area contributed by atoms with Gasteiger partial charge in [-0.3, -0.25) is 20.2 Å². The third-order valence-electron chi connectivity index (χ3n) is 7.67. The normalized spacial score (nSPS) is 28.5. The first-order valence-electron chi connectivity index (χ1n) is 10.2. The number of halogens is 2. The predicted octanol–water partition coefficient (Wildman–Crippen LogP) is 6.77.